The third kappa shape index (κ3) is 3.14. The molecule has 0 saturated carbocycles. The molecule has 0 spiro atoms. The summed E-state index contributed by atoms with van der Waals surface area (Å²) < 4.78 is 0. The van der Waals surface area contributed by atoms with Gasteiger partial charge in [-0.15, -0.1) is 0 Å². The second-order valence-electron chi connectivity index (χ2n) is 4.15. The Bertz CT molecular complexity index is 450. The molecule has 0 aliphatic rings. The van der Waals surface area contributed by atoms with E-state index in [0.29, 0.717) is 6.04 Å². The molecule has 3 heteroatoms. The van der Waals surface area contributed by atoms with Crippen LogP contribution in [0.25, 0.3) is 0 Å². The maximum absolute atomic E-state index is 4.40. The maximum atomic E-state index is 4.40. The van der Waals surface area contributed by atoms with Crippen LogP contribution in [0.1, 0.15) is 29.8 Å². The molecule has 0 radical (unpaired) electrons. The van der Waals surface area contributed by atoms with Gasteiger partial charge in [0.25, 0.3) is 0 Å². The highest BCUT2D eigenvalue weighted by atomic mass is 32.1. The fourth-order valence-electron chi connectivity index (χ4n) is 1.99. The summed E-state index contributed by atoms with van der Waals surface area (Å²) in [6.45, 7) is 5.30. The predicted molar refractivity (Wildman–Crippen MR) is 73.4 cm³/mol. The molecule has 0 aromatic carbocycles. The third-order valence-corrected chi connectivity index (χ3v) is 3.74. The van der Waals surface area contributed by atoms with Gasteiger partial charge < -0.3 is 5.32 Å². The molecule has 90 valence electrons. The van der Waals surface area contributed by atoms with Gasteiger partial charge in [-0.3, -0.25) is 4.98 Å². The zero-order valence-electron chi connectivity index (χ0n) is 10.3. The summed E-state index contributed by atoms with van der Waals surface area (Å²) >= 11 is 1.77. The Morgan fingerprint density at radius 3 is 2.82 bits per heavy atom. The minimum atomic E-state index is 0.376. The van der Waals surface area contributed by atoms with Crippen LogP contribution in [0.3, 0.4) is 0 Å². The highest BCUT2D eigenvalue weighted by Crippen LogP contribution is 2.24. The average molecular weight is 246 g/mol. The lowest BCUT2D eigenvalue weighted by molar-refractivity contribution is 0.543. The number of thiophene rings is 1. The molecule has 1 N–H and O–H groups in total. The summed E-state index contributed by atoms with van der Waals surface area (Å²) in [6.07, 6.45) is 2.81. The highest BCUT2D eigenvalue weighted by molar-refractivity contribution is 7.08. The summed E-state index contributed by atoms with van der Waals surface area (Å²) in [5, 5.41) is 7.99. The number of aromatic nitrogens is 1. The Morgan fingerprint density at radius 1 is 1.35 bits per heavy atom. The first-order valence-corrected chi connectivity index (χ1v) is 6.91. The van der Waals surface area contributed by atoms with E-state index in [1.165, 1.54) is 11.1 Å². The highest BCUT2D eigenvalue weighted by Gasteiger charge is 2.14. The number of hydrogen-bond acceptors (Lipinski definition) is 3. The number of likely N-dealkylation sites (N-methyl/N-ethyl adjacent to an activating group) is 1. The second-order valence-corrected chi connectivity index (χ2v) is 4.89. The lowest BCUT2D eigenvalue weighted by Gasteiger charge is -2.17. The molecule has 0 saturated heterocycles. The molecule has 0 aliphatic carbocycles. The van der Waals surface area contributed by atoms with Crippen molar-refractivity contribution >= 4 is 11.3 Å². The van der Waals surface area contributed by atoms with Crippen LogP contribution >= 0.6 is 11.3 Å². The van der Waals surface area contributed by atoms with Gasteiger partial charge in [-0.2, -0.15) is 11.3 Å². The van der Waals surface area contributed by atoms with E-state index in [1.807, 2.05) is 18.3 Å². The van der Waals surface area contributed by atoms with E-state index >= 15 is 0 Å². The quantitative estimate of drug-likeness (QED) is 0.875. The van der Waals surface area contributed by atoms with Crippen LogP contribution in [0.4, 0.5) is 0 Å². The van der Waals surface area contributed by atoms with Gasteiger partial charge in [0, 0.05) is 24.4 Å². The van der Waals surface area contributed by atoms with Crippen molar-refractivity contribution in [1.29, 1.82) is 0 Å². The first-order chi connectivity index (χ1) is 8.31. The van der Waals surface area contributed by atoms with Crippen molar-refractivity contribution in [3.05, 3.63) is 52.0 Å². The molecule has 0 amide bonds. The van der Waals surface area contributed by atoms with Crippen LogP contribution in [0.2, 0.25) is 0 Å². The largest absolute Gasteiger partial charge is 0.310 e. The fourth-order valence-corrected chi connectivity index (χ4v) is 2.90. The van der Waals surface area contributed by atoms with Gasteiger partial charge in [-0.05, 0) is 47.5 Å². The molecule has 2 aromatic heterocycles. The number of hydrogen-bond donors (Lipinski definition) is 1. The Labute approximate surface area is 107 Å². The molecule has 2 rings (SSSR count). The molecule has 2 nitrogen and oxygen atoms in total. The normalized spacial score (nSPS) is 12.6. The van der Waals surface area contributed by atoms with Gasteiger partial charge in [0.05, 0.1) is 0 Å². The van der Waals surface area contributed by atoms with Gasteiger partial charge in [0.1, 0.15) is 0 Å². The Hall–Kier alpha value is -1.19. The van der Waals surface area contributed by atoms with E-state index in [9.17, 15) is 0 Å². The smallest absolute Gasteiger partial charge is 0.0422 e. The summed E-state index contributed by atoms with van der Waals surface area (Å²) in [5.74, 6) is 0. The summed E-state index contributed by atoms with van der Waals surface area (Å²) in [5.41, 5.74) is 3.92. The molecule has 17 heavy (non-hydrogen) atoms. The zero-order valence-corrected chi connectivity index (χ0v) is 11.1. The molecule has 1 unspecified atom stereocenters. The minimum absolute atomic E-state index is 0.376. The van der Waals surface area contributed by atoms with E-state index in [1.54, 1.807) is 11.3 Å². The standard InChI is InChI=1S/C14H18N2S/c1-3-15-14(13-10-17-9-11(13)2)8-12-6-4-5-7-16-12/h4-7,9-10,14-15H,3,8H2,1-2H3. The summed E-state index contributed by atoms with van der Waals surface area (Å²) in [6, 6.07) is 6.47. The van der Waals surface area contributed by atoms with E-state index < -0.39 is 0 Å². The van der Waals surface area contributed by atoms with Gasteiger partial charge in [-0.1, -0.05) is 13.0 Å². The molecular weight excluding hydrogens is 228 g/mol. The van der Waals surface area contributed by atoms with Gasteiger partial charge >= 0.3 is 0 Å². The van der Waals surface area contributed by atoms with Crippen LogP contribution in [-0.4, -0.2) is 11.5 Å². The van der Waals surface area contributed by atoms with Crippen molar-refractivity contribution in [3.8, 4) is 0 Å². The second kappa shape index (κ2) is 5.94. The van der Waals surface area contributed by atoms with Crippen molar-refractivity contribution in [2.24, 2.45) is 0 Å². The van der Waals surface area contributed by atoms with Crippen LogP contribution in [0.15, 0.2) is 35.2 Å². The molecule has 0 aliphatic heterocycles. The molecule has 2 heterocycles. The molecular formula is C14H18N2S. The number of rotatable bonds is 5. The molecule has 0 bridgehead atoms. The molecule has 2 aromatic rings. The maximum Gasteiger partial charge on any atom is 0.0422 e. The van der Waals surface area contributed by atoms with Crippen LogP contribution in [0.5, 0.6) is 0 Å². The number of nitrogens with one attached hydrogen (secondary N) is 1. The predicted octanol–water partition coefficient (Wildman–Crippen LogP) is 3.34. The van der Waals surface area contributed by atoms with Crippen LogP contribution in [-0.2, 0) is 6.42 Å². The Kier molecular flexibility index (Phi) is 4.29. The molecule has 1 atom stereocenters. The van der Waals surface area contributed by atoms with Crippen molar-refractivity contribution < 1.29 is 0 Å². The van der Waals surface area contributed by atoms with E-state index in [2.05, 4.69) is 41.0 Å². The number of pyridine rings is 1. The van der Waals surface area contributed by atoms with E-state index in [0.717, 1.165) is 18.7 Å². The first kappa shape index (κ1) is 12.3. The van der Waals surface area contributed by atoms with Gasteiger partial charge in [0.15, 0.2) is 0 Å². The van der Waals surface area contributed by atoms with Gasteiger partial charge in [0.2, 0.25) is 0 Å². The lowest BCUT2D eigenvalue weighted by Crippen LogP contribution is -2.23. The molecule has 0 fully saturated rings. The zero-order chi connectivity index (χ0) is 12.1. The monoisotopic (exact) mass is 246 g/mol. The minimum Gasteiger partial charge on any atom is -0.310 e. The van der Waals surface area contributed by atoms with Crippen molar-refractivity contribution in [2.75, 3.05) is 6.54 Å². The van der Waals surface area contributed by atoms with Crippen molar-refractivity contribution in [2.45, 2.75) is 26.3 Å². The SMILES string of the molecule is CCNC(Cc1ccccn1)c1cscc1C. The third-order valence-electron chi connectivity index (χ3n) is 2.86. The average Bonchev–Trinajstić information content (AvgIpc) is 2.76. The Balaban J connectivity index is 2.16. The lowest BCUT2D eigenvalue weighted by atomic mass is 10.0. The van der Waals surface area contributed by atoms with Crippen LogP contribution in [0, 0.1) is 6.92 Å². The number of aryl methyl sites for hydroxylation is 1. The first-order valence-electron chi connectivity index (χ1n) is 5.97. The summed E-state index contributed by atoms with van der Waals surface area (Å²) in [4.78, 5) is 4.40. The summed E-state index contributed by atoms with van der Waals surface area (Å²) in [7, 11) is 0. The fraction of sp³-hybridized carbons (Fsp3) is 0.357. The van der Waals surface area contributed by atoms with Crippen LogP contribution < -0.4 is 5.32 Å². The van der Waals surface area contributed by atoms with Crippen molar-refractivity contribution in [3.63, 3.8) is 0 Å². The van der Waals surface area contributed by atoms with Crippen molar-refractivity contribution in [1.82, 2.24) is 10.3 Å². The van der Waals surface area contributed by atoms with E-state index in [-0.39, 0.29) is 0 Å². The van der Waals surface area contributed by atoms with E-state index in [4.69, 9.17) is 0 Å². The van der Waals surface area contributed by atoms with Gasteiger partial charge in [-0.25, -0.2) is 0 Å². The topological polar surface area (TPSA) is 24.9 Å². The Morgan fingerprint density at radius 2 is 2.24 bits per heavy atom. The number of nitrogens with zero attached hydrogens (tertiary/aromatic N) is 1.